The van der Waals surface area contributed by atoms with Gasteiger partial charge >= 0.3 is 0 Å². The summed E-state index contributed by atoms with van der Waals surface area (Å²) >= 11 is 0. The molecular formula is C10H20N2O3. The fraction of sp³-hybridized carbons (Fsp3) is 0.900. The van der Waals surface area contributed by atoms with E-state index in [1.54, 1.807) is 14.2 Å². The number of carbonyl (C=O) groups is 1. The zero-order chi connectivity index (χ0) is 11.1. The van der Waals surface area contributed by atoms with Crippen LogP contribution in [-0.4, -0.2) is 46.1 Å². The van der Waals surface area contributed by atoms with E-state index >= 15 is 0 Å². The predicted molar refractivity (Wildman–Crippen MR) is 56.4 cm³/mol. The molecule has 1 atom stereocenters. The van der Waals surface area contributed by atoms with Crippen LogP contribution in [0, 0.1) is 5.92 Å². The minimum Gasteiger partial charge on any atom is -0.354 e. The van der Waals surface area contributed by atoms with Gasteiger partial charge in [0.2, 0.25) is 5.91 Å². The maximum Gasteiger partial charge on any atom is 0.224 e. The summed E-state index contributed by atoms with van der Waals surface area (Å²) in [5.41, 5.74) is 0. The van der Waals surface area contributed by atoms with Crippen LogP contribution in [0.1, 0.15) is 12.8 Å². The van der Waals surface area contributed by atoms with Gasteiger partial charge in [0, 0.05) is 20.8 Å². The monoisotopic (exact) mass is 216 g/mol. The third kappa shape index (κ3) is 4.15. The third-order valence-electron chi connectivity index (χ3n) is 2.64. The van der Waals surface area contributed by atoms with E-state index in [2.05, 4.69) is 10.6 Å². The average molecular weight is 216 g/mol. The Morgan fingerprint density at radius 1 is 1.53 bits per heavy atom. The number of nitrogens with one attached hydrogen (secondary N) is 2. The third-order valence-corrected chi connectivity index (χ3v) is 2.64. The smallest absolute Gasteiger partial charge is 0.224 e. The summed E-state index contributed by atoms with van der Waals surface area (Å²) in [4.78, 5) is 11.7. The van der Waals surface area contributed by atoms with Crippen LogP contribution in [0.3, 0.4) is 0 Å². The largest absolute Gasteiger partial charge is 0.354 e. The predicted octanol–water partition coefficient (Wildman–Crippen LogP) is -0.279. The molecule has 5 nitrogen and oxygen atoms in total. The van der Waals surface area contributed by atoms with Gasteiger partial charge in [-0.15, -0.1) is 0 Å². The van der Waals surface area contributed by atoms with Gasteiger partial charge in [-0.25, -0.2) is 0 Å². The number of carbonyl (C=O) groups excluding carboxylic acids is 1. The molecule has 0 spiro atoms. The van der Waals surface area contributed by atoms with Crippen molar-refractivity contribution in [3.05, 3.63) is 0 Å². The fourth-order valence-corrected chi connectivity index (χ4v) is 1.67. The van der Waals surface area contributed by atoms with Crippen LogP contribution < -0.4 is 10.6 Å². The minimum absolute atomic E-state index is 0.0845. The Labute approximate surface area is 90.5 Å². The number of rotatable bonds is 5. The van der Waals surface area contributed by atoms with Gasteiger partial charge < -0.3 is 20.1 Å². The van der Waals surface area contributed by atoms with Crippen molar-refractivity contribution < 1.29 is 14.3 Å². The average Bonchev–Trinajstić information content (AvgIpc) is 2.31. The molecule has 0 unspecified atom stereocenters. The zero-order valence-corrected chi connectivity index (χ0v) is 9.41. The van der Waals surface area contributed by atoms with Gasteiger partial charge in [0.15, 0.2) is 6.29 Å². The van der Waals surface area contributed by atoms with Crippen LogP contribution in [0.25, 0.3) is 0 Å². The Morgan fingerprint density at radius 3 is 2.80 bits per heavy atom. The molecule has 1 heterocycles. The number of piperidine rings is 1. The maximum absolute atomic E-state index is 11.7. The number of methoxy groups -OCH3 is 2. The topological polar surface area (TPSA) is 59.6 Å². The van der Waals surface area contributed by atoms with Gasteiger partial charge in [0.1, 0.15) is 0 Å². The summed E-state index contributed by atoms with van der Waals surface area (Å²) in [6.45, 7) is 2.20. The summed E-state index contributed by atoms with van der Waals surface area (Å²) < 4.78 is 9.97. The second-order valence-electron chi connectivity index (χ2n) is 3.69. The summed E-state index contributed by atoms with van der Waals surface area (Å²) in [6, 6.07) is 0. The molecule has 0 aromatic heterocycles. The maximum atomic E-state index is 11.7. The van der Waals surface area contributed by atoms with Gasteiger partial charge in [-0.05, 0) is 19.4 Å². The molecule has 15 heavy (non-hydrogen) atoms. The Bertz CT molecular complexity index is 189. The molecule has 1 aliphatic rings. The van der Waals surface area contributed by atoms with Crippen LogP contribution in [-0.2, 0) is 14.3 Å². The van der Waals surface area contributed by atoms with E-state index in [1.165, 1.54) is 0 Å². The highest BCUT2D eigenvalue weighted by Crippen LogP contribution is 2.09. The first-order chi connectivity index (χ1) is 7.27. The molecule has 0 aromatic rings. The second-order valence-corrected chi connectivity index (χ2v) is 3.69. The highest BCUT2D eigenvalue weighted by Gasteiger charge is 2.21. The molecule has 1 rings (SSSR count). The quantitative estimate of drug-likeness (QED) is 0.621. The fourth-order valence-electron chi connectivity index (χ4n) is 1.67. The van der Waals surface area contributed by atoms with Crippen molar-refractivity contribution in [2.45, 2.75) is 19.1 Å². The molecule has 88 valence electrons. The first kappa shape index (κ1) is 12.4. The van der Waals surface area contributed by atoms with Crippen LogP contribution in [0.2, 0.25) is 0 Å². The molecule has 0 bridgehead atoms. The van der Waals surface area contributed by atoms with E-state index in [4.69, 9.17) is 9.47 Å². The molecular weight excluding hydrogens is 196 g/mol. The van der Waals surface area contributed by atoms with Crippen molar-refractivity contribution in [2.24, 2.45) is 5.92 Å². The Hall–Kier alpha value is -0.650. The van der Waals surface area contributed by atoms with E-state index in [1.807, 2.05) is 0 Å². The molecule has 1 saturated heterocycles. The van der Waals surface area contributed by atoms with Crippen molar-refractivity contribution in [2.75, 3.05) is 33.9 Å². The lowest BCUT2D eigenvalue weighted by Gasteiger charge is -2.23. The SMILES string of the molecule is COC(CNC(=O)[C@@H]1CCCNC1)OC. The lowest BCUT2D eigenvalue weighted by molar-refractivity contribution is -0.131. The van der Waals surface area contributed by atoms with Gasteiger partial charge in [0.05, 0.1) is 12.5 Å². The number of hydrogen-bond donors (Lipinski definition) is 2. The van der Waals surface area contributed by atoms with Crippen LogP contribution >= 0.6 is 0 Å². The van der Waals surface area contributed by atoms with Crippen molar-refractivity contribution in [3.8, 4) is 0 Å². The molecule has 5 heteroatoms. The molecule has 0 aromatic carbocycles. The summed E-state index contributed by atoms with van der Waals surface area (Å²) in [5.74, 6) is 0.175. The van der Waals surface area contributed by atoms with Crippen LogP contribution in [0.4, 0.5) is 0 Å². The summed E-state index contributed by atoms with van der Waals surface area (Å²) in [5, 5.41) is 6.03. The number of amides is 1. The lowest BCUT2D eigenvalue weighted by atomic mass is 9.99. The van der Waals surface area contributed by atoms with Crippen molar-refractivity contribution in [3.63, 3.8) is 0 Å². The molecule has 0 saturated carbocycles. The van der Waals surface area contributed by atoms with Crippen LogP contribution in [0.15, 0.2) is 0 Å². The molecule has 1 amide bonds. The van der Waals surface area contributed by atoms with Crippen molar-refractivity contribution in [1.82, 2.24) is 10.6 Å². The highest BCUT2D eigenvalue weighted by atomic mass is 16.7. The Balaban J connectivity index is 2.22. The van der Waals surface area contributed by atoms with Gasteiger partial charge in [-0.3, -0.25) is 4.79 Å². The second kappa shape index (κ2) is 6.76. The highest BCUT2D eigenvalue weighted by molar-refractivity contribution is 5.78. The van der Waals surface area contributed by atoms with Gasteiger partial charge in [0.25, 0.3) is 0 Å². The van der Waals surface area contributed by atoms with Gasteiger partial charge in [-0.1, -0.05) is 0 Å². The summed E-state index contributed by atoms with van der Waals surface area (Å²) in [6.07, 6.45) is 1.67. The van der Waals surface area contributed by atoms with E-state index in [9.17, 15) is 4.79 Å². The first-order valence-electron chi connectivity index (χ1n) is 5.32. The van der Waals surface area contributed by atoms with Gasteiger partial charge in [-0.2, -0.15) is 0 Å². The first-order valence-corrected chi connectivity index (χ1v) is 5.32. The Morgan fingerprint density at radius 2 is 2.27 bits per heavy atom. The molecule has 1 aliphatic heterocycles. The summed E-state index contributed by atoms with van der Waals surface area (Å²) in [7, 11) is 3.12. The Kier molecular flexibility index (Phi) is 5.60. The van der Waals surface area contributed by atoms with E-state index in [-0.39, 0.29) is 18.1 Å². The molecule has 0 aliphatic carbocycles. The zero-order valence-electron chi connectivity index (χ0n) is 9.41. The normalized spacial score (nSPS) is 21.7. The van der Waals surface area contributed by atoms with Crippen molar-refractivity contribution in [1.29, 1.82) is 0 Å². The standard InChI is InChI=1S/C10H20N2O3/c1-14-9(15-2)7-12-10(13)8-4-3-5-11-6-8/h8-9,11H,3-7H2,1-2H3,(H,12,13)/t8-/m1/s1. The van der Waals surface area contributed by atoms with E-state index in [0.717, 1.165) is 25.9 Å². The van der Waals surface area contributed by atoms with E-state index < -0.39 is 0 Å². The number of hydrogen-bond acceptors (Lipinski definition) is 4. The lowest BCUT2D eigenvalue weighted by Crippen LogP contribution is -2.43. The number of ether oxygens (including phenoxy) is 2. The molecule has 0 radical (unpaired) electrons. The molecule has 1 fully saturated rings. The molecule has 2 N–H and O–H groups in total. The van der Waals surface area contributed by atoms with Crippen molar-refractivity contribution >= 4 is 5.91 Å². The van der Waals surface area contributed by atoms with E-state index in [0.29, 0.717) is 6.54 Å². The minimum atomic E-state index is -0.356. The van der Waals surface area contributed by atoms with Crippen LogP contribution in [0.5, 0.6) is 0 Å².